The SMILES string of the molecule is c1cc([C@@H]2CCCCO2)n[nH]1. The van der Waals surface area contributed by atoms with Gasteiger partial charge in [-0.1, -0.05) is 0 Å². The molecule has 0 aromatic carbocycles. The standard InChI is InChI=1S/C8H12N2O/c1-2-6-11-8(3-1)7-4-5-9-10-7/h4-5,8H,1-3,6H2,(H,9,10)/t8-/m0/s1. The van der Waals surface area contributed by atoms with Gasteiger partial charge < -0.3 is 4.74 Å². The van der Waals surface area contributed by atoms with Crippen molar-refractivity contribution in [3.8, 4) is 0 Å². The molecule has 1 N–H and O–H groups in total. The van der Waals surface area contributed by atoms with Gasteiger partial charge in [0.1, 0.15) is 6.10 Å². The van der Waals surface area contributed by atoms with Gasteiger partial charge >= 0.3 is 0 Å². The first kappa shape index (κ1) is 6.85. The Morgan fingerprint density at radius 1 is 1.55 bits per heavy atom. The van der Waals surface area contributed by atoms with E-state index < -0.39 is 0 Å². The van der Waals surface area contributed by atoms with E-state index in [0.717, 1.165) is 18.7 Å². The Morgan fingerprint density at radius 3 is 3.18 bits per heavy atom. The first-order valence-corrected chi connectivity index (χ1v) is 4.08. The molecule has 1 atom stereocenters. The zero-order valence-electron chi connectivity index (χ0n) is 6.42. The van der Waals surface area contributed by atoms with Gasteiger partial charge in [0.2, 0.25) is 0 Å². The van der Waals surface area contributed by atoms with Crippen LogP contribution in [-0.4, -0.2) is 16.8 Å². The molecule has 2 rings (SSSR count). The Morgan fingerprint density at radius 2 is 2.55 bits per heavy atom. The second-order valence-corrected chi connectivity index (χ2v) is 2.85. The molecule has 3 nitrogen and oxygen atoms in total. The molecule has 1 aromatic heterocycles. The van der Waals surface area contributed by atoms with Crippen molar-refractivity contribution >= 4 is 0 Å². The topological polar surface area (TPSA) is 37.9 Å². The number of rotatable bonds is 1. The molecule has 1 aliphatic heterocycles. The van der Waals surface area contributed by atoms with Gasteiger partial charge in [0.15, 0.2) is 0 Å². The highest BCUT2D eigenvalue weighted by Crippen LogP contribution is 2.25. The number of hydrogen-bond donors (Lipinski definition) is 1. The zero-order chi connectivity index (χ0) is 7.52. The van der Waals surface area contributed by atoms with Gasteiger partial charge in [0.05, 0.1) is 5.69 Å². The molecule has 1 aliphatic rings. The van der Waals surface area contributed by atoms with E-state index in [1.54, 1.807) is 0 Å². The molecule has 0 bridgehead atoms. The molecule has 60 valence electrons. The van der Waals surface area contributed by atoms with Crippen LogP contribution in [0.5, 0.6) is 0 Å². The van der Waals surface area contributed by atoms with Gasteiger partial charge in [-0.3, -0.25) is 5.10 Å². The van der Waals surface area contributed by atoms with E-state index in [4.69, 9.17) is 4.74 Å². The van der Waals surface area contributed by atoms with E-state index >= 15 is 0 Å². The molecule has 11 heavy (non-hydrogen) atoms. The fourth-order valence-electron chi connectivity index (χ4n) is 1.43. The summed E-state index contributed by atoms with van der Waals surface area (Å²) in [5, 5.41) is 6.89. The Balaban J connectivity index is 2.04. The average molecular weight is 152 g/mol. The zero-order valence-corrected chi connectivity index (χ0v) is 6.42. The van der Waals surface area contributed by atoms with E-state index in [-0.39, 0.29) is 6.10 Å². The van der Waals surface area contributed by atoms with Crippen molar-refractivity contribution in [3.63, 3.8) is 0 Å². The normalized spacial score (nSPS) is 25.3. The summed E-state index contributed by atoms with van der Waals surface area (Å²) in [6.07, 6.45) is 5.66. The van der Waals surface area contributed by atoms with Crippen molar-refractivity contribution in [2.45, 2.75) is 25.4 Å². The van der Waals surface area contributed by atoms with E-state index in [9.17, 15) is 0 Å². The first-order chi connectivity index (χ1) is 5.47. The molecular formula is C8H12N2O. The smallest absolute Gasteiger partial charge is 0.101 e. The highest BCUT2D eigenvalue weighted by atomic mass is 16.5. The number of hydrogen-bond acceptors (Lipinski definition) is 2. The lowest BCUT2D eigenvalue weighted by molar-refractivity contribution is 0.0123. The minimum Gasteiger partial charge on any atom is -0.372 e. The first-order valence-electron chi connectivity index (χ1n) is 4.08. The molecule has 1 aromatic rings. The maximum absolute atomic E-state index is 5.54. The summed E-state index contributed by atoms with van der Waals surface area (Å²) in [5.41, 5.74) is 1.05. The molecule has 0 amide bonds. The van der Waals surface area contributed by atoms with Gasteiger partial charge in [-0.15, -0.1) is 0 Å². The summed E-state index contributed by atoms with van der Waals surface area (Å²) in [5.74, 6) is 0. The van der Waals surface area contributed by atoms with E-state index in [1.807, 2.05) is 12.3 Å². The van der Waals surface area contributed by atoms with Gasteiger partial charge in [0, 0.05) is 12.8 Å². The Hall–Kier alpha value is -0.830. The highest BCUT2D eigenvalue weighted by Gasteiger charge is 2.16. The number of nitrogens with zero attached hydrogens (tertiary/aromatic N) is 1. The van der Waals surface area contributed by atoms with Crippen LogP contribution in [0.25, 0.3) is 0 Å². The summed E-state index contributed by atoms with van der Waals surface area (Å²) in [7, 11) is 0. The number of H-pyrrole nitrogens is 1. The lowest BCUT2D eigenvalue weighted by Gasteiger charge is -2.20. The molecule has 0 aliphatic carbocycles. The lowest BCUT2D eigenvalue weighted by Crippen LogP contribution is -2.11. The number of aromatic nitrogens is 2. The van der Waals surface area contributed by atoms with Crippen LogP contribution in [0.1, 0.15) is 31.1 Å². The van der Waals surface area contributed by atoms with Crippen LogP contribution in [0.4, 0.5) is 0 Å². The monoisotopic (exact) mass is 152 g/mol. The maximum atomic E-state index is 5.54. The average Bonchev–Trinajstić information content (AvgIpc) is 2.58. The van der Waals surface area contributed by atoms with Gasteiger partial charge in [-0.05, 0) is 25.3 Å². The van der Waals surface area contributed by atoms with Crippen molar-refractivity contribution in [2.75, 3.05) is 6.61 Å². The molecular weight excluding hydrogens is 140 g/mol. The van der Waals surface area contributed by atoms with Crippen molar-refractivity contribution in [2.24, 2.45) is 0 Å². The third kappa shape index (κ3) is 1.43. The summed E-state index contributed by atoms with van der Waals surface area (Å²) in [4.78, 5) is 0. The number of nitrogens with one attached hydrogen (secondary N) is 1. The van der Waals surface area contributed by atoms with Gasteiger partial charge in [-0.2, -0.15) is 5.10 Å². The predicted molar refractivity (Wildman–Crippen MR) is 41.1 cm³/mol. The van der Waals surface area contributed by atoms with Crippen LogP contribution in [0.3, 0.4) is 0 Å². The van der Waals surface area contributed by atoms with Crippen LogP contribution in [0.15, 0.2) is 12.3 Å². The Bertz CT molecular complexity index is 202. The molecule has 0 unspecified atom stereocenters. The second-order valence-electron chi connectivity index (χ2n) is 2.85. The quantitative estimate of drug-likeness (QED) is 0.664. The highest BCUT2D eigenvalue weighted by molar-refractivity contribution is 5.02. The van der Waals surface area contributed by atoms with Crippen molar-refractivity contribution in [1.82, 2.24) is 10.2 Å². The summed E-state index contributed by atoms with van der Waals surface area (Å²) < 4.78 is 5.54. The molecule has 2 heterocycles. The van der Waals surface area contributed by atoms with E-state index in [0.29, 0.717) is 0 Å². The molecule has 1 saturated heterocycles. The maximum Gasteiger partial charge on any atom is 0.101 e. The third-order valence-electron chi connectivity index (χ3n) is 2.03. The van der Waals surface area contributed by atoms with Gasteiger partial charge in [-0.25, -0.2) is 0 Å². The predicted octanol–water partition coefficient (Wildman–Crippen LogP) is 1.65. The molecule has 1 fully saturated rings. The molecule has 0 radical (unpaired) electrons. The van der Waals surface area contributed by atoms with Crippen molar-refractivity contribution in [1.29, 1.82) is 0 Å². The minimum absolute atomic E-state index is 0.245. The van der Waals surface area contributed by atoms with E-state index in [2.05, 4.69) is 10.2 Å². The molecule has 3 heteroatoms. The van der Waals surface area contributed by atoms with Crippen LogP contribution >= 0.6 is 0 Å². The summed E-state index contributed by atoms with van der Waals surface area (Å²) in [6, 6.07) is 1.98. The van der Waals surface area contributed by atoms with E-state index in [1.165, 1.54) is 12.8 Å². The molecule has 0 saturated carbocycles. The van der Waals surface area contributed by atoms with Crippen molar-refractivity contribution < 1.29 is 4.74 Å². The molecule has 0 spiro atoms. The minimum atomic E-state index is 0.245. The Labute approximate surface area is 65.8 Å². The fraction of sp³-hybridized carbons (Fsp3) is 0.625. The second kappa shape index (κ2) is 3.05. The van der Waals surface area contributed by atoms with Gasteiger partial charge in [0.25, 0.3) is 0 Å². The largest absolute Gasteiger partial charge is 0.372 e. The van der Waals surface area contributed by atoms with Crippen LogP contribution in [0.2, 0.25) is 0 Å². The third-order valence-corrected chi connectivity index (χ3v) is 2.03. The van der Waals surface area contributed by atoms with Crippen molar-refractivity contribution in [3.05, 3.63) is 18.0 Å². The fourth-order valence-corrected chi connectivity index (χ4v) is 1.43. The number of ether oxygens (including phenoxy) is 1. The van der Waals surface area contributed by atoms with Crippen LogP contribution < -0.4 is 0 Å². The number of aromatic amines is 1. The van der Waals surface area contributed by atoms with Crippen LogP contribution in [0, 0.1) is 0 Å². The Kier molecular flexibility index (Phi) is 1.90. The summed E-state index contributed by atoms with van der Waals surface area (Å²) >= 11 is 0. The lowest BCUT2D eigenvalue weighted by atomic mass is 10.1. The summed E-state index contributed by atoms with van der Waals surface area (Å²) in [6.45, 7) is 0.886. The van der Waals surface area contributed by atoms with Crippen LogP contribution in [-0.2, 0) is 4.74 Å².